The number of pyridine rings is 1. The van der Waals surface area contributed by atoms with Gasteiger partial charge in [0.25, 0.3) is 0 Å². The van der Waals surface area contributed by atoms with Crippen molar-refractivity contribution in [2.75, 3.05) is 0 Å². The van der Waals surface area contributed by atoms with E-state index in [0.29, 0.717) is 0 Å². The van der Waals surface area contributed by atoms with E-state index in [4.69, 9.17) is 0 Å². The second kappa shape index (κ2) is 7.19. The summed E-state index contributed by atoms with van der Waals surface area (Å²) in [5.41, 5.74) is 3.95. The molecule has 0 spiro atoms. The molecule has 0 radical (unpaired) electrons. The molecule has 0 fully saturated rings. The predicted molar refractivity (Wildman–Crippen MR) is 134 cm³/mol. The number of nitrogens with zero attached hydrogens (tertiary/aromatic N) is 1. The summed E-state index contributed by atoms with van der Waals surface area (Å²) < 4.78 is 3.62. The molecule has 3 heteroatoms. The van der Waals surface area contributed by atoms with E-state index in [0.717, 1.165) is 0 Å². The molecule has 0 amide bonds. The van der Waals surface area contributed by atoms with Crippen molar-refractivity contribution < 1.29 is 4.57 Å². The van der Waals surface area contributed by atoms with E-state index >= 15 is 0 Å². The summed E-state index contributed by atoms with van der Waals surface area (Å²) in [5.74, 6) is 0. The molecule has 1 nitrogen and oxygen atoms in total. The van der Waals surface area contributed by atoms with Gasteiger partial charge >= 0.3 is 0 Å². The number of benzene rings is 3. The Morgan fingerprint density at radius 3 is 2.40 bits per heavy atom. The zero-order valence-corrected chi connectivity index (χ0v) is 19.8. The third-order valence-corrected chi connectivity index (χ3v) is 10.8. The maximum absolute atomic E-state index is 2.45. The smallest absolute Gasteiger partial charge is 0.200 e. The first-order valence-corrected chi connectivity index (χ1v) is 14.3. The standard InChI is InChI=1S/C27H26NSSi/c1-19-16-21-13-15-29-26(21)18-25(19)27-24-11-10-23(17-20(24)12-14-28(27)2)30(3,4)22-8-6-5-7-9-22/h5-18H,1-4H3/q+1. The van der Waals surface area contributed by atoms with E-state index in [-0.39, 0.29) is 0 Å². The summed E-state index contributed by atoms with van der Waals surface area (Å²) in [6.07, 6.45) is 2.20. The molecule has 0 N–H and O–H groups in total. The van der Waals surface area contributed by atoms with E-state index in [9.17, 15) is 0 Å². The van der Waals surface area contributed by atoms with Gasteiger partial charge in [-0.2, -0.15) is 0 Å². The van der Waals surface area contributed by atoms with Crippen molar-refractivity contribution in [1.82, 2.24) is 0 Å². The van der Waals surface area contributed by atoms with Crippen LogP contribution in [0.1, 0.15) is 5.56 Å². The normalized spacial score (nSPS) is 12.0. The SMILES string of the molecule is Cc1cc2ccsc2cc1-c1c2ccc([Si](C)(C)c3ccccc3)cc2cc[n+]1C. The fourth-order valence-corrected chi connectivity index (χ4v) is 7.68. The average molecular weight is 425 g/mol. The van der Waals surface area contributed by atoms with E-state index < -0.39 is 8.07 Å². The molecule has 30 heavy (non-hydrogen) atoms. The van der Waals surface area contributed by atoms with Gasteiger partial charge in [0, 0.05) is 10.8 Å². The number of hydrogen-bond acceptors (Lipinski definition) is 1. The molecule has 0 bridgehead atoms. The van der Waals surface area contributed by atoms with Crippen molar-refractivity contribution in [3.63, 3.8) is 0 Å². The number of thiophene rings is 1. The molecule has 5 aromatic rings. The van der Waals surface area contributed by atoms with Crippen molar-refractivity contribution in [2.45, 2.75) is 20.0 Å². The van der Waals surface area contributed by atoms with Crippen molar-refractivity contribution in [3.05, 3.63) is 89.9 Å². The van der Waals surface area contributed by atoms with Crippen LogP contribution in [0.2, 0.25) is 13.1 Å². The third kappa shape index (κ3) is 3.10. The first-order chi connectivity index (χ1) is 14.4. The van der Waals surface area contributed by atoms with Crippen LogP contribution in [0.3, 0.4) is 0 Å². The molecule has 0 unspecified atom stereocenters. The Labute approximate surface area is 183 Å². The topological polar surface area (TPSA) is 3.88 Å². The lowest BCUT2D eigenvalue weighted by molar-refractivity contribution is -0.659. The van der Waals surface area contributed by atoms with Gasteiger partial charge in [-0.15, -0.1) is 11.3 Å². The molecule has 0 aliphatic rings. The van der Waals surface area contributed by atoms with Gasteiger partial charge in [0.1, 0.15) is 15.1 Å². The van der Waals surface area contributed by atoms with Gasteiger partial charge in [0.2, 0.25) is 5.69 Å². The van der Waals surface area contributed by atoms with Crippen LogP contribution in [0, 0.1) is 6.92 Å². The van der Waals surface area contributed by atoms with E-state index in [1.807, 2.05) is 11.3 Å². The minimum Gasteiger partial charge on any atom is -0.200 e. The second-order valence-electron chi connectivity index (χ2n) is 8.69. The Hall–Kier alpha value is -2.75. The van der Waals surface area contributed by atoms with Gasteiger partial charge in [-0.05, 0) is 52.9 Å². The summed E-state index contributed by atoms with van der Waals surface area (Å²) in [6, 6.07) is 27.3. The number of rotatable bonds is 3. The lowest BCUT2D eigenvalue weighted by atomic mass is 9.98. The molecule has 0 saturated heterocycles. The average Bonchev–Trinajstić information content (AvgIpc) is 3.21. The Morgan fingerprint density at radius 1 is 0.800 bits per heavy atom. The lowest BCUT2D eigenvalue weighted by Gasteiger charge is -2.24. The van der Waals surface area contributed by atoms with E-state index in [1.54, 1.807) is 0 Å². The molecule has 148 valence electrons. The molecular weight excluding hydrogens is 398 g/mol. The number of fused-ring (bicyclic) bond motifs is 2. The highest BCUT2D eigenvalue weighted by atomic mass is 32.1. The second-order valence-corrected chi connectivity index (χ2v) is 14.0. The van der Waals surface area contributed by atoms with E-state index in [2.05, 4.69) is 116 Å². The van der Waals surface area contributed by atoms with Crippen LogP contribution in [-0.2, 0) is 7.05 Å². The molecule has 2 aromatic heterocycles. The van der Waals surface area contributed by atoms with Crippen LogP contribution >= 0.6 is 11.3 Å². The molecule has 3 aromatic carbocycles. The minimum absolute atomic E-state index is 1.30. The molecule has 5 rings (SSSR count). The number of aryl methyl sites for hydroxylation is 2. The summed E-state index contributed by atoms with van der Waals surface area (Å²) >= 11 is 1.82. The maximum atomic E-state index is 2.45. The number of aromatic nitrogens is 1. The zero-order valence-electron chi connectivity index (χ0n) is 17.9. The van der Waals surface area contributed by atoms with Crippen LogP contribution in [0.4, 0.5) is 0 Å². The van der Waals surface area contributed by atoms with Gasteiger partial charge in [0.05, 0.1) is 10.9 Å². The maximum Gasteiger partial charge on any atom is 0.220 e. The van der Waals surface area contributed by atoms with Crippen LogP contribution in [0.5, 0.6) is 0 Å². The Kier molecular flexibility index (Phi) is 4.61. The van der Waals surface area contributed by atoms with Gasteiger partial charge in [-0.1, -0.05) is 65.9 Å². The minimum atomic E-state index is -1.73. The summed E-state index contributed by atoms with van der Waals surface area (Å²) in [7, 11) is 0.430. The monoisotopic (exact) mass is 424 g/mol. The molecule has 0 saturated carbocycles. The molecule has 0 aliphatic heterocycles. The van der Waals surface area contributed by atoms with Gasteiger partial charge in [0.15, 0.2) is 6.20 Å². The van der Waals surface area contributed by atoms with Crippen molar-refractivity contribution in [2.24, 2.45) is 7.05 Å². The summed E-state index contributed by atoms with van der Waals surface area (Å²) in [5, 5.41) is 9.11. The fourth-order valence-electron chi connectivity index (χ4n) is 4.50. The Bertz CT molecular complexity index is 1380. The van der Waals surface area contributed by atoms with Crippen LogP contribution < -0.4 is 14.9 Å². The fraction of sp³-hybridized carbons (Fsp3) is 0.148. The first-order valence-electron chi connectivity index (χ1n) is 10.4. The Morgan fingerprint density at radius 2 is 1.60 bits per heavy atom. The van der Waals surface area contributed by atoms with Crippen molar-refractivity contribution in [3.8, 4) is 11.3 Å². The molecular formula is C27H26NSSi+. The van der Waals surface area contributed by atoms with Crippen LogP contribution in [0.15, 0.2) is 84.4 Å². The molecule has 2 heterocycles. The van der Waals surface area contributed by atoms with E-state index in [1.165, 1.54) is 48.1 Å². The quantitative estimate of drug-likeness (QED) is 0.259. The lowest BCUT2D eigenvalue weighted by Crippen LogP contribution is -2.52. The van der Waals surface area contributed by atoms with Crippen molar-refractivity contribution >= 4 is 50.6 Å². The van der Waals surface area contributed by atoms with Gasteiger partial charge < -0.3 is 0 Å². The number of hydrogen-bond donors (Lipinski definition) is 0. The van der Waals surface area contributed by atoms with Gasteiger partial charge in [-0.3, -0.25) is 0 Å². The summed E-state index contributed by atoms with van der Waals surface area (Å²) in [4.78, 5) is 0. The highest BCUT2D eigenvalue weighted by molar-refractivity contribution is 7.17. The molecule has 0 aliphatic carbocycles. The summed E-state index contributed by atoms with van der Waals surface area (Å²) in [6.45, 7) is 7.12. The highest BCUT2D eigenvalue weighted by Crippen LogP contribution is 2.33. The first kappa shape index (κ1) is 19.2. The van der Waals surface area contributed by atoms with Crippen LogP contribution in [0.25, 0.3) is 32.1 Å². The highest BCUT2D eigenvalue weighted by Gasteiger charge is 2.27. The zero-order chi connectivity index (χ0) is 20.9. The van der Waals surface area contributed by atoms with Crippen molar-refractivity contribution in [1.29, 1.82) is 0 Å². The third-order valence-electron chi connectivity index (χ3n) is 6.41. The van der Waals surface area contributed by atoms with Gasteiger partial charge in [-0.25, -0.2) is 4.57 Å². The predicted octanol–water partition coefficient (Wildman–Crippen LogP) is 5.68. The molecule has 0 atom stereocenters. The Balaban J connectivity index is 1.71. The largest absolute Gasteiger partial charge is 0.220 e. The van der Waals surface area contributed by atoms with Crippen LogP contribution in [-0.4, -0.2) is 8.07 Å².